The summed E-state index contributed by atoms with van der Waals surface area (Å²) in [5.74, 6) is 0.801. The van der Waals surface area contributed by atoms with Crippen LogP contribution in [0.2, 0.25) is 0 Å². The molecule has 3 atom stereocenters. The molecule has 0 bridgehead atoms. The van der Waals surface area contributed by atoms with E-state index >= 15 is 0 Å². The summed E-state index contributed by atoms with van der Waals surface area (Å²) in [6, 6.07) is 0.380. The zero-order valence-electron chi connectivity index (χ0n) is 11.0. The molecule has 0 fully saturated rings. The first-order valence-corrected chi connectivity index (χ1v) is 6.02. The Morgan fingerprint density at radius 2 is 1.67 bits per heavy atom. The molecule has 0 aliphatic carbocycles. The van der Waals surface area contributed by atoms with Crippen molar-refractivity contribution in [1.82, 2.24) is 0 Å². The summed E-state index contributed by atoms with van der Waals surface area (Å²) in [6.07, 6.45) is 2.54. The number of ether oxygens (including phenoxy) is 1. The average molecular weight is 219 g/mol. The molecule has 0 aliphatic rings. The van der Waals surface area contributed by atoms with Crippen LogP contribution in [-0.2, 0) is 4.74 Å². The highest BCUT2D eigenvalue weighted by atomic mass is 16.6. The van der Waals surface area contributed by atoms with E-state index in [4.69, 9.17) is 15.6 Å². The predicted octanol–water partition coefficient (Wildman–Crippen LogP) is 2.52. The molecule has 3 nitrogen and oxygen atoms in total. The Balaban J connectivity index is 0. The summed E-state index contributed by atoms with van der Waals surface area (Å²) < 4.78 is 4.75. The second-order valence-electron chi connectivity index (χ2n) is 4.04. The third-order valence-corrected chi connectivity index (χ3v) is 2.18. The van der Waals surface area contributed by atoms with Crippen LogP contribution in [0.1, 0.15) is 53.9 Å². The number of nitrogens with two attached hydrogens (primary N) is 1. The van der Waals surface area contributed by atoms with E-state index < -0.39 is 6.29 Å². The first kappa shape index (κ1) is 17.3. The van der Waals surface area contributed by atoms with E-state index in [9.17, 15) is 0 Å². The number of hydrogen-bond acceptors (Lipinski definition) is 3. The van der Waals surface area contributed by atoms with Crippen LogP contribution in [0.3, 0.4) is 0 Å². The summed E-state index contributed by atoms with van der Waals surface area (Å²) in [5.41, 5.74) is 5.57. The number of rotatable bonds is 6. The fourth-order valence-electron chi connectivity index (χ4n) is 1.11. The molecule has 3 N–H and O–H groups in total. The second-order valence-corrected chi connectivity index (χ2v) is 4.04. The van der Waals surface area contributed by atoms with Crippen molar-refractivity contribution in [3.05, 3.63) is 0 Å². The highest BCUT2D eigenvalue weighted by Gasteiger charge is 2.00. The van der Waals surface area contributed by atoms with Crippen molar-refractivity contribution < 1.29 is 9.84 Å². The molecular weight excluding hydrogens is 190 g/mol. The van der Waals surface area contributed by atoms with E-state index in [1.165, 1.54) is 6.42 Å². The molecule has 0 aromatic rings. The maximum absolute atomic E-state index is 8.64. The fraction of sp³-hybridized carbons (Fsp3) is 1.00. The van der Waals surface area contributed by atoms with Gasteiger partial charge in [-0.15, -0.1) is 0 Å². The lowest BCUT2D eigenvalue weighted by molar-refractivity contribution is -0.0953. The molecule has 0 amide bonds. The molecule has 15 heavy (non-hydrogen) atoms. The van der Waals surface area contributed by atoms with E-state index in [1.807, 2.05) is 13.8 Å². The predicted molar refractivity (Wildman–Crippen MR) is 65.6 cm³/mol. The van der Waals surface area contributed by atoms with Crippen molar-refractivity contribution in [2.24, 2.45) is 11.7 Å². The molecule has 0 spiro atoms. The molecular formula is C12H29NO2. The van der Waals surface area contributed by atoms with Crippen LogP contribution in [0.15, 0.2) is 0 Å². The van der Waals surface area contributed by atoms with E-state index in [2.05, 4.69) is 20.8 Å². The summed E-state index contributed by atoms with van der Waals surface area (Å²) in [6.45, 7) is 10.8. The monoisotopic (exact) mass is 219 g/mol. The molecule has 0 saturated heterocycles. The maximum atomic E-state index is 8.64. The van der Waals surface area contributed by atoms with Crippen LogP contribution in [0.4, 0.5) is 0 Å². The lowest BCUT2D eigenvalue weighted by atomic mass is 10.0. The smallest absolute Gasteiger partial charge is 0.154 e. The summed E-state index contributed by atoms with van der Waals surface area (Å²) in [5, 5.41) is 8.64. The maximum Gasteiger partial charge on any atom is 0.154 e. The van der Waals surface area contributed by atoms with Crippen molar-refractivity contribution in [1.29, 1.82) is 0 Å². The van der Waals surface area contributed by atoms with Crippen LogP contribution in [0.5, 0.6) is 0 Å². The molecule has 3 unspecified atom stereocenters. The van der Waals surface area contributed by atoms with E-state index in [0.717, 1.165) is 12.3 Å². The molecule has 0 aromatic heterocycles. The Labute approximate surface area is 95.0 Å². The molecule has 0 heterocycles. The van der Waals surface area contributed by atoms with Gasteiger partial charge in [0.25, 0.3) is 0 Å². The number of hydrogen-bond donors (Lipinski definition) is 2. The summed E-state index contributed by atoms with van der Waals surface area (Å²) in [4.78, 5) is 0. The SMILES string of the molecule is CCC(C)CC(C)N.CCOC(O)CC. The van der Waals surface area contributed by atoms with Crippen LogP contribution >= 0.6 is 0 Å². The Hall–Kier alpha value is -0.120. The average Bonchev–Trinajstić information content (AvgIpc) is 2.18. The van der Waals surface area contributed by atoms with Crippen LogP contribution in [0, 0.1) is 5.92 Å². The molecule has 0 radical (unpaired) electrons. The minimum absolute atomic E-state index is 0.380. The van der Waals surface area contributed by atoms with Gasteiger partial charge in [-0.2, -0.15) is 0 Å². The summed E-state index contributed by atoms with van der Waals surface area (Å²) >= 11 is 0. The Bertz CT molecular complexity index is 118. The van der Waals surface area contributed by atoms with Gasteiger partial charge in [0.2, 0.25) is 0 Å². The van der Waals surface area contributed by atoms with Gasteiger partial charge in [-0.25, -0.2) is 0 Å². The highest BCUT2D eigenvalue weighted by molar-refractivity contribution is 4.57. The second kappa shape index (κ2) is 12.0. The highest BCUT2D eigenvalue weighted by Crippen LogP contribution is 2.07. The largest absolute Gasteiger partial charge is 0.368 e. The zero-order valence-corrected chi connectivity index (χ0v) is 11.0. The quantitative estimate of drug-likeness (QED) is 0.675. The topological polar surface area (TPSA) is 55.5 Å². The van der Waals surface area contributed by atoms with Gasteiger partial charge in [-0.1, -0.05) is 27.2 Å². The zero-order chi connectivity index (χ0) is 12.3. The van der Waals surface area contributed by atoms with Gasteiger partial charge in [-0.05, 0) is 32.6 Å². The molecule has 94 valence electrons. The molecule has 0 saturated carbocycles. The Morgan fingerprint density at radius 1 is 1.13 bits per heavy atom. The van der Waals surface area contributed by atoms with Gasteiger partial charge >= 0.3 is 0 Å². The van der Waals surface area contributed by atoms with Crippen molar-refractivity contribution in [2.75, 3.05) is 6.61 Å². The van der Waals surface area contributed by atoms with Gasteiger partial charge < -0.3 is 15.6 Å². The van der Waals surface area contributed by atoms with Gasteiger partial charge in [0.1, 0.15) is 0 Å². The van der Waals surface area contributed by atoms with E-state index in [0.29, 0.717) is 19.1 Å². The summed E-state index contributed by atoms with van der Waals surface area (Å²) in [7, 11) is 0. The standard InChI is InChI=1S/C7H17N.C5H12O2/c1-4-6(2)5-7(3)8;1-3-5(6)7-4-2/h6-7H,4-5,8H2,1-3H3;5-6H,3-4H2,1-2H3. The molecule has 0 aliphatic heterocycles. The number of aliphatic hydroxyl groups excluding tert-OH is 1. The van der Waals surface area contributed by atoms with Crippen molar-refractivity contribution in [3.8, 4) is 0 Å². The molecule has 0 rings (SSSR count). The minimum atomic E-state index is -0.551. The van der Waals surface area contributed by atoms with E-state index in [1.54, 1.807) is 0 Å². The minimum Gasteiger partial charge on any atom is -0.368 e. The first-order valence-electron chi connectivity index (χ1n) is 6.02. The lowest BCUT2D eigenvalue weighted by Gasteiger charge is -2.09. The molecule has 3 heteroatoms. The number of aliphatic hydroxyl groups is 1. The van der Waals surface area contributed by atoms with Crippen molar-refractivity contribution in [2.45, 2.75) is 66.2 Å². The van der Waals surface area contributed by atoms with Crippen molar-refractivity contribution in [3.63, 3.8) is 0 Å². The van der Waals surface area contributed by atoms with Crippen LogP contribution in [0.25, 0.3) is 0 Å². The van der Waals surface area contributed by atoms with Gasteiger partial charge in [0.05, 0.1) is 0 Å². The third kappa shape index (κ3) is 16.5. The lowest BCUT2D eigenvalue weighted by Crippen LogP contribution is -2.17. The van der Waals surface area contributed by atoms with Gasteiger partial charge in [0, 0.05) is 12.6 Å². The Morgan fingerprint density at radius 3 is 1.80 bits per heavy atom. The fourth-order valence-corrected chi connectivity index (χ4v) is 1.11. The van der Waals surface area contributed by atoms with Crippen molar-refractivity contribution >= 4 is 0 Å². The Kier molecular flexibility index (Phi) is 13.8. The van der Waals surface area contributed by atoms with E-state index in [-0.39, 0.29) is 0 Å². The van der Waals surface area contributed by atoms with Crippen LogP contribution in [-0.4, -0.2) is 24.0 Å². The normalized spacial score (nSPS) is 16.2. The third-order valence-electron chi connectivity index (χ3n) is 2.18. The first-order chi connectivity index (χ1) is 6.97. The molecule has 0 aromatic carbocycles. The van der Waals surface area contributed by atoms with Gasteiger partial charge in [-0.3, -0.25) is 0 Å². The van der Waals surface area contributed by atoms with Gasteiger partial charge in [0.15, 0.2) is 6.29 Å². The van der Waals surface area contributed by atoms with Crippen LogP contribution < -0.4 is 5.73 Å².